The van der Waals surface area contributed by atoms with Crippen LogP contribution >= 0.6 is 0 Å². The Hall–Kier alpha value is -4.77. The lowest BCUT2D eigenvalue weighted by Gasteiger charge is -2.41. The number of amides is 2. The Balaban J connectivity index is 1.71. The van der Waals surface area contributed by atoms with E-state index in [1.54, 1.807) is 107 Å². The van der Waals surface area contributed by atoms with Crippen LogP contribution in [0.3, 0.4) is 0 Å². The number of rotatable bonds is 12. The van der Waals surface area contributed by atoms with Crippen molar-refractivity contribution in [2.75, 3.05) is 6.54 Å². The Morgan fingerprint density at radius 2 is 1.40 bits per heavy atom. The molecule has 1 heterocycles. The molecule has 10 nitrogen and oxygen atoms in total. The van der Waals surface area contributed by atoms with Gasteiger partial charge in [0.15, 0.2) is 0 Å². The molecule has 1 aliphatic heterocycles. The van der Waals surface area contributed by atoms with Crippen molar-refractivity contribution in [1.82, 2.24) is 14.5 Å². The van der Waals surface area contributed by atoms with Gasteiger partial charge in [0.2, 0.25) is 5.91 Å². The number of carbonyl (C=O) groups excluding carboxylic acids is 4. The predicted molar refractivity (Wildman–Crippen MR) is 169 cm³/mol. The van der Waals surface area contributed by atoms with Crippen LogP contribution in [0.15, 0.2) is 102 Å². The van der Waals surface area contributed by atoms with Crippen molar-refractivity contribution in [3.63, 3.8) is 0 Å². The highest BCUT2D eigenvalue weighted by atomic mass is 32.2. The van der Waals surface area contributed by atoms with Crippen molar-refractivity contribution in [3.8, 4) is 0 Å². The summed E-state index contributed by atoms with van der Waals surface area (Å²) in [6.07, 6.45) is 0.858. The molecule has 0 aromatic heterocycles. The third-order valence-corrected chi connectivity index (χ3v) is 8.89. The number of sulfonamides is 1. The molecule has 0 radical (unpaired) electrons. The van der Waals surface area contributed by atoms with Crippen molar-refractivity contribution in [2.24, 2.45) is 5.92 Å². The summed E-state index contributed by atoms with van der Waals surface area (Å²) in [4.78, 5) is 54.7. The van der Waals surface area contributed by atoms with Gasteiger partial charge in [0.25, 0.3) is 21.7 Å². The minimum Gasteiger partial charge on any atom is -0.457 e. The molecule has 1 N–H and O–H groups in total. The summed E-state index contributed by atoms with van der Waals surface area (Å²) in [6.45, 7) is 6.15. The van der Waals surface area contributed by atoms with Gasteiger partial charge in [0.1, 0.15) is 18.6 Å². The normalized spacial score (nSPS) is 15.9. The van der Waals surface area contributed by atoms with Gasteiger partial charge < -0.3 is 10.1 Å². The Bertz CT molecular complexity index is 1660. The molecule has 2 amide bonds. The van der Waals surface area contributed by atoms with E-state index < -0.39 is 64.2 Å². The van der Waals surface area contributed by atoms with Gasteiger partial charge in [-0.15, -0.1) is 0 Å². The number of Topliss-reactive ketones (excluding diaryl/α,β-unsaturated/α-hetero) is 1. The van der Waals surface area contributed by atoms with Crippen LogP contribution in [0.25, 0.3) is 5.70 Å². The van der Waals surface area contributed by atoms with E-state index >= 15 is 0 Å². The number of hydrogen-bond acceptors (Lipinski definition) is 7. The lowest BCUT2D eigenvalue weighted by atomic mass is 9.99. The molecule has 4 rings (SSSR count). The van der Waals surface area contributed by atoms with Crippen LogP contribution in [-0.2, 0) is 40.4 Å². The third kappa shape index (κ3) is 7.85. The van der Waals surface area contributed by atoms with Gasteiger partial charge in [-0.1, -0.05) is 92.7 Å². The van der Waals surface area contributed by atoms with Crippen LogP contribution in [0.4, 0.5) is 0 Å². The first-order valence-corrected chi connectivity index (χ1v) is 16.1. The first kappa shape index (κ1) is 33.1. The standard InChI is InChI=1S/C34H37N3O7S/c1-23(2)31-33(40)36(22-30(38)35-28(20-25-14-8-5-9-15-25)32(39)34(41)44-24(3)4)29(26-16-10-6-11-17-26)21-37(31)45(42,43)27-18-12-7-13-19-27/h5-19,21,23-24,28,31H,20,22H2,1-4H3,(H,35,38)/t28-,31?/m0/s1. The molecule has 0 fully saturated rings. The molecule has 236 valence electrons. The fraction of sp³-hybridized carbons (Fsp3) is 0.294. The monoisotopic (exact) mass is 631 g/mol. The number of benzene rings is 3. The maximum Gasteiger partial charge on any atom is 0.377 e. The van der Waals surface area contributed by atoms with Gasteiger partial charge in [0.05, 0.1) is 16.7 Å². The molecule has 2 atom stereocenters. The molecule has 0 aliphatic carbocycles. The summed E-state index contributed by atoms with van der Waals surface area (Å²) < 4.78 is 33.8. The van der Waals surface area contributed by atoms with Crippen LogP contribution in [0.1, 0.15) is 38.8 Å². The second kappa shape index (κ2) is 14.3. The van der Waals surface area contributed by atoms with E-state index in [1.165, 1.54) is 23.2 Å². The van der Waals surface area contributed by atoms with E-state index in [9.17, 15) is 27.6 Å². The average molecular weight is 632 g/mol. The van der Waals surface area contributed by atoms with E-state index in [-0.39, 0.29) is 17.0 Å². The summed E-state index contributed by atoms with van der Waals surface area (Å²) in [5.41, 5.74) is 1.40. The van der Waals surface area contributed by atoms with Crippen molar-refractivity contribution in [3.05, 3.63) is 108 Å². The van der Waals surface area contributed by atoms with E-state index in [2.05, 4.69) is 5.32 Å². The smallest absolute Gasteiger partial charge is 0.377 e. The molecule has 11 heteroatoms. The number of esters is 1. The minimum absolute atomic E-state index is 0.0195. The molecule has 0 bridgehead atoms. The van der Waals surface area contributed by atoms with Crippen LogP contribution in [0.5, 0.6) is 0 Å². The Morgan fingerprint density at radius 1 is 0.844 bits per heavy atom. The Morgan fingerprint density at radius 3 is 1.96 bits per heavy atom. The van der Waals surface area contributed by atoms with Gasteiger partial charge >= 0.3 is 5.97 Å². The maximum absolute atomic E-state index is 14.2. The minimum atomic E-state index is -4.15. The molecule has 3 aromatic carbocycles. The van der Waals surface area contributed by atoms with E-state index in [0.717, 1.165) is 4.31 Å². The predicted octanol–water partition coefficient (Wildman–Crippen LogP) is 3.79. The Kier molecular flexibility index (Phi) is 10.6. The van der Waals surface area contributed by atoms with E-state index in [0.29, 0.717) is 11.1 Å². The fourth-order valence-electron chi connectivity index (χ4n) is 5.03. The van der Waals surface area contributed by atoms with Gasteiger partial charge in [-0.05, 0) is 43.0 Å². The number of nitrogens with one attached hydrogen (secondary N) is 1. The highest BCUT2D eigenvalue weighted by molar-refractivity contribution is 7.89. The molecule has 45 heavy (non-hydrogen) atoms. The zero-order valence-corrected chi connectivity index (χ0v) is 26.4. The van der Waals surface area contributed by atoms with E-state index in [1.807, 2.05) is 0 Å². The van der Waals surface area contributed by atoms with Gasteiger partial charge in [0, 0.05) is 12.6 Å². The summed E-state index contributed by atoms with van der Waals surface area (Å²) in [5.74, 6) is -3.78. The SMILES string of the molecule is CC(C)OC(=O)C(=O)[C@H](Cc1ccccc1)NC(=O)CN1C(=O)C(C(C)C)N(S(=O)(=O)c2ccccc2)C=C1c1ccccc1. The van der Waals surface area contributed by atoms with E-state index in [4.69, 9.17) is 4.74 Å². The molecule has 1 unspecified atom stereocenters. The van der Waals surface area contributed by atoms with Gasteiger partial charge in [-0.25, -0.2) is 13.2 Å². The quantitative estimate of drug-likeness (QED) is 0.238. The molecule has 0 saturated heterocycles. The number of hydrogen-bond donors (Lipinski definition) is 1. The van der Waals surface area contributed by atoms with Gasteiger partial charge in [-0.2, -0.15) is 0 Å². The Labute approximate surface area is 263 Å². The summed E-state index contributed by atoms with van der Waals surface area (Å²) >= 11 is 0. The van der Waals surface area contributed by atoms with Crippen LogP contribution in [-0.4, -0.2) is 65.9 Å². The number of ether oxygens (including phenoxy) is 1. The molecular formula is C34H37N3O7S. The molecule has 0 spiro atoms. The molecular weight excluding hydrogens is 594 g/mol. The van der Waals surface area contributed by atoms with Gasteiger partial charge in [-0.3, -0.25) is 23.6 Å². The average Bonchev–Trinajstić information content (AvgIpc) is 3.01. The van der Waals surface area contributed by atoms with Crippen LogP contribution in [0, 0.1) is 5.92 Å². The van der Waals surface area contributed by atoms with Crippen molar-refractivity contribution in [2.45, 2.75) is 57.2 Å². The second-order valence-corrected chi connectivity index (χ2v) is 13.1. The summed E-state index contributed by atoms with van der Waals surface area (Å²) in [6, 6.07) is 22.9. The molecule has 0 saturated carbocycles. The van der Waals surface area contributed by atoms with Crippen LogP contribution in [0.2, 0.25) is 0 Å². The highest BCUT2D eigenvalue weighted by Crippen LogP contribution is 2.33. The van der Waals surface area contributed by atoms with Crippen molar-refractivity contribution < 1.29 is 32.3 Å². The maximum atomic E-state index is 14.2. The number of nitrogens with zero attached hydrogens (tertiary/aromatic N) is 2. The second-order valence-electron chi connectivity index (χ2n) is 11.3. The highest BCUT2D eigenvalue weighted by Gasteiger charge is 2.44. The number of carbonyl (C=O) groups is 4. The third-order valence-electron chi connectivity index (χ3n) is 7.13. The lowest BCUT2D eigenvalue weighted by Crippen LogP contribution is -2.57. The molecule has 3 aromatic rings. The topological polar surface area (TPSA) is 130 Å². The van der Waals surface area contributed by atoms with Crippen molar-refractivity contribution >= 4 is 39.3 Å². The fourth-order valence-corrected chi connectivity index (χ4v) is 6.64. The first-order chi connectivity index (χ1) is 21.4. The number of ketones is 1. The first-order valence-electron chi connectivity index (χ1n) is 14.7. The molecule has 1 aliphatic rings. The lowest BCUT2D eigenvalue weighted by molar-refractivity contribution is -0.157. The largest absolute Gasteiger partial charge is 0.457 e. The van der Waals surface area contributed by atoms with Crippen molar-refractivity contribution in [1.29, 1.82) is 0 Å². The zero-order chi connectivity index (χ0) is 32.7. The summed E-state index contributed by atoms with van der Waals surface area (Å²) in [5, 5.41) is 2.63. The zero-order valence-electron chi connectivity index (χ0n) is 25.6. The van der Waals surface area contributed by atoms with Crippen LogP contribution < -0.4 is 5.32 Å². The summed E-state index contributed by atoms with van der Waals surface area (Å²) in [7, 11) is -4.15.